The van der Waals surface area contributed by atoms with E-state index < -0.39 is 0 Å². The molecule has 0 radical (unpaired) electrons. The molecule has 1 N–H and O–H groups in total. The molecule has 1 aromatic carbocycles. The van der Waals surface area contributed by atoms with Gasteiger partial charge in [-0.3, -0.25) is 9.36 Å². The second kappa shape index (κ2) is 8.17. The Labute approximate surface area is 154 Å². The number of para-hydroxylation sites is 2. The third kappa shape index (κ3) is 3.85. The first-order valence-electron chi connectivity index (χ1n) is 7.76. The molecule has 3 aromatic rings. The van der Waals surface area contributed by atoms with Gasteiger partial charge in [0.2, 0.25) is 5.91 Å². The molecule has 6 nitrogen and oxygen atoms in total. The first-order chi connectivity index (χ1) is 12.2. The summed E-state index contributed by atoms with van der Waals surface area (Å²) in [6, 6.07) is 11.7. The van der Waals surface area contributed by atoms with Crippen molar-refractivity contribution in [1.29, 1.82) is 0 Å². The van der Waals surface area contributed by atoms with E-state index in [0.717, 1.165) is 22.1 Å². The van der Waals surface area contributed by atoms with Crippen molar-refractivity contribution >= 4 is 29.0 Å². The van der Waals surface area contributed by atoms with Gasteiger partial charge in [0.15, 0.2) is 11.0 Å². The quantitative estimate of drug-likeness (QED) is 0.643. The van der Waals surface area contributed by atoms with E-state index in [9.17, 15) is 4.79 Å². The number of methoxy groups -OCH3 is 1. The van der Waals surface area contributed by atoms with Crippen LogP contribution in [0, 0.1) is 0 Å². The minimum absolute atomic E-state index is 0.0280. The molecule has 0 aliphatic rings. The molecule has 0 aliphatic carbocycles. The summed E-state index contributed by atoms with van der Waals surface area (Å²) >= 11 is 2.95. The van der Waals surface area contributed by atoms with Crippen molar-refractivity contribution in [2.45, 2.75) is 12.1 Å². The fourth-order valence-corrected chi connectivity index (χ4v) is 3.81. The molecule has 3 rings (SSSR count). The van der Waals surface area contributed by atoms with E-state index in [0.29, 0.717) is 11.7 Å². The van der Waals surface area contributed by atoms with Crippen LogP contribution in [0.1, 0.15) is 6.92 Å². The molecule has 25 heavy (non-hydrogen) atoms. The number of amides is 1. The summed E-state index contributed by atoms with van der Waals surface area (Å²) in [7, 11) is 1.63. The number of ether oxygens (including phenoxy) is 1. The van der Waals surface area contributed by atoms with E-state index in [1.807, 2.05) is 53.3 Å². The number of thiophene rings is 1. The fourth-order valence-electron chi connectivity index (χ4n) is 2.34. The lowest BCUT2D eigenvalue weighted by Gasteiger charge is -2.13. The van der Waals surface area contributed by atoms with Crippen molar-refractivity contribution in [3.05, 3.63) is 41.8 Å². The monoisotopic (exact) mass is 374 g/mol. The van der Waals surface area contributed by atoms with Crippen LogP contribution in [0.25, 0.3) is 16.4 Å². The molecule has 2 aromatic heterocycles. The van der Waals surface area contributed by atoms with Crippen molar-refractivity contribution in [3.8, 4) is 22.1 Å². The van der Waals surface area contributed by atoms with Crippen molar-refractivity contribution in [2.24, 2.45) is 0 Å². The Hall–Kier alpha value is -2.32. The smallest absolute Gasteiger partial charge is 0.230 e. The largest absolute Gasteiger partial charge is 0.495 e. The van der Waals surface area contributed by atoms with Gasteiger partial charge in [-0.2, -0.15) is 0 Å². The number of benzene rings is 1. The Bertz CT molecular complexity index is 846. The number of aromatic nitrogens is 3. The van der Waals surface area contributed by atoms with Crippen LogP contribution in [0.4, 0.5) is 0 Å². The number of hydrogen-bond acceptors (Lipinski definition) is 6. The predicted octanol–water partition coefficient (Wildman–Crippen LogP) is 3.23. The van der Waals surface area contributed by atoms with Crippen LogP contribution in [0.15, 0.2) is 46.9 Å². The SMILES string of the molecule is CCNC(=O)CSc1nnc(-c2cccs2)n1-c1ccccc1OC. The van der Waals surface area contributed by atoms with Gasteiger partial charge in [0.05, 0.1) is 23.4 Å². The Morgan fingerprint density at radius 1 is 1.28 bits per heavy atom. The molecule has 1 amide bonds. The Kier molecular flexibility index (Phi) is 5.72. The number of hydrogen-bond donors (Lipinski definition) is 1. The summed E-state index contributed by atoms with van der Waals surface area (Å²) in [5, 5.41) is 14.1. The van der Waals surface area contributed by atoms with Gasteiger partial charge in [0.25, 0.3) is 0 Å². The van der Waals surface area contributed by atoms with Crippen LogP contribution >= 0.6 is 23.1 Å². The maximum absolute atomic E-state index is 11.8. The fraction of sp³-hybridized carbons (Fsp3) is 0.235. The number of carbonyl (C=O) groups is 1. The lowest BCUT2D eigenvalue weighted by molar-refractivity contribution is -0.118. The second-order valence-corrected chi connectivity index (χ2v) is 6.92. The van der Waals surface area contributed by atoms with Crippen molar-refractivity contribution in [3.63, 3.8) is 0 Å². The first kappa shape index (κ1) is 17.5. The van der Waals surface area contributed by atoms with Crippen molar-refractivity contribution in [2.75, 3.05) is 19.4 Å². The predicted molar refractivity (Wildman–Crippen MR) is 101 cm³/mol. The van der Waals surface area contributed by atoms with Gasteiger partial charge in [-0.1, -0.05) is 30.0 Å². The van der Waals surface area contributed by atoms with Gasteiger partial charge in [0, 0.05) is 6.54 Å². The molecule has 0 saturated heterocycles. The number of rotatable bonds is 7. The molecule has 0 atom stereocenters. The molecule has 0 aliphatic heterocycles. The molecule has 8 heteroatoms. The molecular weight excluding hydrogens is 356 g/mol. The standard InChI is InChI=1S/C17H18N4O2S2/c1-3-18-15(22)11-25-17-20-19-16(14-9-6-10-24-14)21(17)12-7-4-5-8-13(12)23-2/h4-10H,3,11H2,1-2H3,(H,18,22). The highest BCUT2D eigenvalue weighted by atomic mass is 32.2. The average molecular weight is 374 g/mol. The molecule has 0 saturated carbocycles. The molecule has 0 bridgehead atoms. The van der Waals surface area contributed by atoms with Gasteiger partial charge < -0.3 is 10.1 Å². The van der Waals surface area contributed by atoms with E-state index in [2.05, 4.69) is 15.5 Å². The summed E-state index contributed by atoms with van der Waals surface area (Å²) < 4.78 is 7.44. The Morgan fingerprint density at radius 2 is 2.12 bits per heavy atom. The minimum atomic E-state index is -0.0280. The zero-order valence-electron chi connectivity index (χ0n) is 13.9. The van der Waals surface area contributed by atoms with Gasteiger partial charge in [-0.25, -0.2) is 0 Å². The van der Waals surface area contributed by atoms with Gasteiger partial charge in [-0.15, -0.1) is 21.5 Å². The Morgan fingerprint density at radius 3 is 2.84 bits per heavy atom. The van der Waals surface area contributed by atoms with E-state index in [-0.39, 0.29) is 11.7 Å². The van der Waals surface area contributed by atoms with Gasteiger partial charge in [0.1, 0.15) is 5.75 Å². The minimum Gasteiger partial charge on any atom is -0.495 e. The molecule has 0 fully saturated rings. The topological polar surface area (TPSA) is 69.0 Å². The van der Waals surface area contributed by atoms with Crippen molar-refractivity contribution in [1.82, 2.24) is 20.1 Å². The normalized spacial score (nSPS) is 10.6. The van der Waals surface area contributed by atoms with Crippen LogP contribution in [0.3, 0.4) is 0 Å². The van der Waals surface area contributed by atoms with E-state index in [1.165, 1.54) is 11.8 Å². The van der Waals surface area contributed by atoms with Crippen LogP contribution in [0.5, 0.6) is 5.75 Å². The third-order valence-corrected chi connectivity index (χ3v) is 5.20. The van der Waals surface area contributed by atoms with Gasteiger partial charge >= 0.3 is 0 Å². The highest BCUT2D eigenvalue weighted by molar-refractivity contribution is 7.99. The molecule has 130 valence electrons. The number of nitrogens with zero attached hydrogens (tertiary/aromatic N) is 3. The van der Waals surface area contributed by atoms with Crippen LogP contribution in [-0.4, -0.2) is 40.1 Å². The summed E-state index contributed by atoms with van der Waals surface area (Å²) in [5.41, 5.74) is 0.844. The third-order valence-electron chi connectivity index (χ3n) is 3.41. The number of thioether (sulfide) groups is 1. The first-order valence-corrected chi connectivity index (χ1v) is 9.63. The van der Waals surface area contributed by atoms with Crippen molar-refractivity contribution < 1.29 is 9.53 Å². The molecule has 0 unspecified atom stereocenters. The maximum Gasteiger partial charge on any atom is 0.230 e. The average Bonchev–Trinajstić information content (AvgIpc) is 3.29. The summed E-state index contributed by atoms with van der Waals surface area (Å²) in [5.74, 6) is 1.71. The lowest BCUT2D eigenvalue weighted by Crippen LogP contribution is -2.24. The van der Waals surface area contributed by atoms with Gasteiger partial charge in [-0.05, 0) is 30.5 Å². The zero-order chi connectivity index (χ0) is 17.6. The van der Waals surface area contributed by atoms with Crippen LogP contribution < -0.4 is 10.1 Å². The summed E-state index contributed by atoms with van der Waals surface area (Å²) in [6.45, 7) is 2.51. The Balaban J connectivity index is 2.03. The highest BCUT2D eigenvalue weighted by Gasteiger charge is 2.20. The lowest BCUT2D eigenvalue weighted by atomic mass is 10.3. The van der Waals surface area contributed by atoms with E-state index in [1.54, 1.807) is 18.4 Å². The molecule has 0 spiro atoms. The molecular formula is C17H18N4O2S2. The zero-order valence-corrected chi connectivity index (χ0v) is 15.6. The van der Waals surface area contributed by atoms with E-state index in [4.69, 9.17) is 4.74 Å². The number of nitrogens with one attached hydrogen (secondary N) is 1. The van der Waals surface area contributed by atoms with E-state index >= 15 is 0 Å². The summed E-state index contributed by atoms with van der Waals surface area (Å²) in [4.78, 5) is 12.8. The molecule has 2 heterocycles. The summed E-state index contributed by atoms with van der Waals surface area (Å²) in [6.07, 6.45) is 0. The number of carbonyl (C=O) groups excluding carboxylic acids is 1. The highest BCUT2D eigenvalue weighted by Crippen LogP contribution is 2.33. The van der Waals surface area contributed by atoms with Crippen LogP contribution in [0.2, 0.25) is 0 Å². The second-order valence-electron chi connectivity index (χ2n) is 5.03. The maximum atomic E-state index is 11.8. The van der Waals surface area contributed by atoms with Crippen LogP contribution in [-0.2, 0) is 4.79 Å².